The van der Waals surface area contributed by atoms with Crippen molar-refractivity contribution in [1.82, 2.24) is 0 Å². The van der Waals surface area contributed by atoms with Crippen molar-refractivity contribution in [2.45, 2.75) is 19.3 Å². The Labute approximate surface area is 255 Å². The first-order chi connectivity index (χ1) is 21.6. The predicted octanol–water partition coefficient (Wildman–Crippen LogP) is 12.2. The predicted molar refractivity (Wildman–Crippen MR) is 187 cm³/mol. The van der Waals surface area contributed by atoms with E-state index in [0.29, 0.717) is 0 Å². The molecular weight excluding hydrogens is 532 g/mol. The second kappa shape index (κ2) is 8.36. The van der Waals surface area contributed by atoms with Gasteiger partial charge in [-0.3, -0.25) is 0 Å². The van der Waals surface area contributed by atoms with Crippen molar-refractivity contribution < 1.29 is 4.42 Å². The number of fused-ring (bicyclic) bond motifs is 5. The Morgan fingerprint density at radius 1 is 0.432 bits per heavy atom. The van der Waals surface area contributed by atoms with E-state index in [9.17, 15) is 0 Å². The second-order valence-corrected chi connectivity index (χ2v) is 12.8. The van der Waals surface area contributed by atoms with Gasteiger partial charge < -0.3 is 4.42 Å². The van der Waals surface area contributed by atoms with Crippen LogP contribution in [0.4, 0.5) is 0 Å². The van der Waals surface area contributed by atoms with Crippen LogP contribution < -0.4 is 0 Å². The monoisotopic (exact) mass is 560 g/mol. The van der Waals surface area contributed by atoms with Gasteiger partial charge in [-0.2, -0.15) is 0 Å². The topological polar surface area (TPSA) is 13.1 Å². The summed E-state index contributed by atoms with van der Waals surface area (Å²) in [6, 6.07) is 49.0. The van der Waals surface area contributed by atoms with E-state index in [1.807, 2.05) is 6.07 Å². The van der Waals surface area contributed by atoms with Crippen LogP contribution in [-0.2, 0) is 5.41 Å². The molecule has 1 heterocycles. The summed E-state index contributed by atoms with van der Waals surface area (Å²) in [4.78, 5) is 0. The molecule has 1 aromatic heterocycles. The Balaban J connectivity index is 1.39. The van der Waals surface area contributed by atoms with Gasteiger partial charge in [-0.1, -0.05) is 135 Å². The normalized spacial score (nSPS) is 13.9. The van der Waals surface area contributed by atoms with Crippen LogP contribution >= 0.6 is 0 Å². The zero-order valence-electron chi connectivity index (χ0n) is 24.6. The van der Waals surface area contributed by atoms with E-state index in [0.717, 1.165) is 27.5 Å². The highest BCUT2D eigenvalue weighted by Gasteiger charge is 2.34. The summed E-state index contributed by atoms with van der Waals surface area (Å²) in [6.07, 6.45) is 0. The maximum atomic E-state index is 6.59. The fourth-order valence-electron chi connectivity index (χ4n) is 8.30. The molecule has 1 heteroatoms. The minimum absolute atomic E-state index is 0.0285. The maximum Gasteiger partial charge on any atom is 0.143 e. The number of hydrogen-bond donors (Lipinski definition) is 0. The summed E-state index contributed by atoms with van der Waals surface area (Å²) in [7, 11) is 0. The van der Waals surface area contributed by atoms with Gasteiger partial charge in [0.05, 0.1) is 0 Å². The summed E-state index contributed by atoms with van der Waals surface area (Å²) in [6.45, 7) is 4.74. The van der Waals surface area contributed by atoms with Crippen LogP contribution in [0.15, 0.2) is 138 Å². The number of benzene rings is 8. The van der Waals surface area contributed by atoms with Crippen LogP contribution in [0, 0.1) is 0 Å². The molecule has 0 aliphatic heterocycles. The van der Waals surface area contributed by atoms with Gasteiger partial charge in [0.1, 0.15) is 11.2 Å². The molecule has 1 aliphatic rings. The molecule has 10 rings (SSSR count). The number of rotatable bonds is 2. The Hall–Kier alpha value is -5.40. The van der Waals surface area contributed by atoms with Gasteiger partial charge in [-0.25, -0.2) is 0 Å². The first-order valence-electron chi connectivity index (χ1n) is 15.4. The molecule has 0 saturated carbocycles. The zero-order valence-corrected chi connectivity index (χ0v) is 24.6. The Morgan fingerprint density at radius 2 is 0.955 bits per heavy atom. The van der Waals surface area contributed by atoms with Crippen LogP contribution in [0.5, 0.6) is 0 Å². The van der Waals surface area contributed by atoms with Gasteiger partial charge in [-0.05, 0) is 77.5 Å². The third-order valence-electron chi connectivity index (χ3n) is 10.2. The molecule has 8 aromatic carbocycles. The maximum absolute atomic E-state index is 6.59. The highest BCUT2D eigenvalue weighted by molar-refractivity contribution is 6.28. The summed E-state index contributed by atoms with van der Waals surface area (Å²) < 4.78 is 6.59. The lowest BCUT2D eigenvalue weighted by molar-refractivity contribution is 0.663. The van der Waals surface area contributed by atoms with Gasteiger partial charge >= 0.3 is 0 Å². The van der Waals surface area contributed by atoms with E-state index in [2.05, 4.69) is 141 Å². The molecule has 0 saturated heterocycles. The van der Waals surface area contributed by atoms with Crippen LogP contribution in [0.25, 0.3) is 87.3 Å². The third-order valence-corrected chi connectivity index (χ3v) is 10.2. The molecule has 0 fully saturated rings. The van der Waals surface area contributed by atoms with Crippen LogP contribution in [0.2, 0.25) is 0 Å². The minimum Gasteiger partial charge on any atom is -0.455 e. The van der Waals surface area contributed by atoms with Crippen molar-refractivity contribution in [3.63, 3.8) is 0 Å². The number of para-hydroxylation sites is 2. The molecule has 206 valence electrons. The summed E-state index contributed by atoms with van der Waals surface area (Å²) in [5, 5.41) is 12.8. The quantitative estimate of drug-likeness (QED) is 0.151. The minimum atomic E-state index is -0.0285. The fourth-order valence-corrected chi connectivity index (χ4v) is 8.30. The molecule has 1 aliphatic carbocycles. The smallest absolute Gasteiger partial charge is 0.143 e. The van der Waals surface area contributed by atoms with Gasteiger partial charge in [0.15, 0.2) is 0 Å². The van der Waals surface area contributed by atoms with E-state index in [1.54, 1.807) is 0 Å². The largest absolute Gasteiger partial charge is 0.455 e. The third kappa shape index (κ3) is 2.94. The SMILES string of the molecule is CC1(C)c2cccc3cc(-c4c5ccccc5c(-c5cccc6c5oc5ccccc56)c5ccccc45)c4cccc1c4c23. The van der Waals surface area contributed by atoms with Crippen molar-refractivity contribution in [2.75, 3.05) is 0 Å². The Kier molecular flexibility index (Phi) is 4.58. The van der Waals surface area contributed by atoms with E-state index < -0.39 is 0 Å². The second-order valence-electron chi connectivity index (χ2n) is 12.8. The van der Waals surface area contributed by atoms with Crippen molar-refractivity contribution >= 4 is 65.0 Å². The van der Waals surface area contributed by atoms with Gasteiger partial charge in [-0.15, -0.1) is 0 Å². The number of hydrogen-bond acceptors (Lipinski definition) is 1. The van der Waals surface area contributed by atoms with Gasteiger partial charge in [0, 0.05) is 27.3 Å². The molecule has 1 nitrogen and oxygen atoms in total. The van der Waals surface area contributed by atoms with Gasteiger partial charge in [0.25, 0.3) is 0 Å². The standard InChI is InChI=1S/C43H28O/c1-43(2)35-21-9-12-25-24-34(31-18-11-22-36(43)41(31)38(25)35)40-29-16-5-3-14-27(29)39(28-15-4-6-17-30(28)40)33-20-10-19-32-26-13-7-8-23-37(26)44-42(32)33/h3-24H,1-2H3. The molecule has 9 aromatic rings. The van der Waals surface area contributed by atoms with Crippen molar-refractivity contribution in [3.8, 4) is 22.3 Å². The lowest BCUT2D eigenvalue weighted by atomic mass is 9.81. The first kappa shape index (κ1) is 24.1. The molecule has 0 N–H and O–H groups in total. The van der Waals surface area contributed by atoms with Crippen LogP contribution in [0.3, 0.4) is 0 Å². The summed E-state index contributed by atoms with van der Waals surface area (Å²) in [5.41, 5.74) is 9.64. The lowest BCUT2D eigenvalue weighted by Crippen LogP contribution is -2.14. The average molecular weight is 561 g/mol. The lowest BCUT2D eigenvalue weighted by Gasteiger charge is -2.21. The Morgan fingerprint density at radius 3 is 1.66 bits per heavy atom. The molecule has 0 atom stereocenters. The summed E-state index contributed by atoms with van der Waals surface area (Å²) >= 11 is 0. The van der Waals surface area contributed by atoms with E-state index in [4.69, 9.17) is 4.42 Å². The highest BCUT2D eigenvalue weighted by atomic mass is 16.3. The van der Waals surface area contributed by atoms with Crippen LogP contribution in [0.1, 0.15) is 25.0 Å². The molecular formula is C43H28O. The number of furan rings is 1. The zero-order chi connectivity index (χ0) is 29.2. The molecule has 0 spiro atoms. The van der Waals surface area contributed by atoms with E-state index in [-0.39, 0.29) is 5.41 Å². The van der Waals surface area contributed by atoms with Gasteiger partial charge in [0.2, 0.25) is 0 Å². The van der Waals surface area contributed by atoms with Crippen molar-refractivity contribution in [1.29, 1.82) is 0 Å². The fraction of sp³-hybridized carbons (Fsp3) is 0.0698. The average Bonchev–Trinajstić information content (AvgIpc) is 3.56. The van der Waals surface area contributed by atoms with Crippen molar-refractivity contribution in [2.24, 2.45) is 0 Å². The molecule has 0 radical (unpaired) electrons. The molecule has 44 heavy (non-hydrogen) atoms. The van der Waals surface area contributed by atoms with Crippen LogP contribution in [-0.4, -0.2) is 0 Å². The first-order valence-corrected chi connectivity index (χ1v) is 15.4. The summed E-state index contributed by atoms with van der Waals surface area (Å²) in [5.74, 6) is 0. The molecule has 0 unspecified atom stereocenters. The van der Waals surface area contributed by atoms with Crippen molar-refractivity contribution in [3.05, 3.63) is 145 Å². The van der Waals surface area contributed by atoms with E-state index in [1.165, 1.54) is 70.9 Å². The van der Waals surface area contributed by atoms with E-state index >= 15 is 0 Å². The molecule has 0 amide bonds. The highest BCUT2D eigenvalue weighted by Crippen LogP contribution is 2.53. The Bertz CT molecular complexity index is 2630. The molecule has 0 bridgehead atoms.